The van der Waals surface area contributed by atoms with Crippen molar-refractivity contribution in [3.8, 4) is 5.75 Å². The monoisotopic (exact) mass is 402 g/mol. The van der Waals surface area contributed by atoms with Crippen molar-refractivity contribution in [2.24, 2.45) is 4.99 Å². The molecule has 0 heterocycles. The second kappa shape index (κ2) is 11.2. The van der Waals surface area contributed by atoms with Crippen molar-refractivity contribution < 1.29 is 9.53 Å². The highest BCUT2D eigenvalue weighted by atomic mass is 35.5. The number of amides is 1. The van der Waals surface area contributed by atoms with Gasteiger partial charge in [-0.15, -0.1) is 0 Å². The Morgan fingerprint density at radius 1 is 1.11 bits per heavy atom. The number of carbonyl (C=O) groups excluding carboxylic acids is 1. The molecule has 0 bridgehead atoms. The first-order valence-electron chi connectivity index (χ1n) is 9.20. The van der Waals surface area contributed by atoms with Crippen LogP contribution in [0.1, 0.15) is 22.8 Å². The molecular weight excluding hydrogens is 376 g/mol. The first-order chi connectivity index (χ1) is 13.5. The molecule has 0 aliphatic rings. The Labute approximate surface area is 171 Å². The van der Waals surface area contributed by atoms with Gasteiger partial charge in [0.2, 0.25) is 0 Å². The lowest BCUT2D eigenvalue weighted by atomic mass is 10.2. The molecule has 1 unspecified atom stereocenters. The quantitative estimate of drug-likeness (QED) is 0.360. The third-order valence-corrected chi connectivity index (χ3v) is 4.26. The van der Waals surface area contributed by atoms with Gasteiger partial charge in [-0.3, -0.25) is 9.79 Å². The fraction of sp³-hybridized carbons (Fsp3) is 0.333. The molecule has 0 saturated carbocycles. The van der Waals surface area contributed by atoms with Crippen LogP contribution in [0.3, 0.4) is 0 Å². The molecule has 0 spiro atoms. The van der Waals surface area contributed by atoms with Crippen LogP contribution in [-0.4, -0.2) is 44.7 Å². The van der Waals surface area contributed by atoms with Gasteiger partial charge in [-0.1, -0.05) is 35.9 Å². The Morgan fingerprint density at radius 3 is 2.57 bits per heavy atom. The summed E-state index contributed by atoms with van der Waals surface area (Å²) in [5, 5.41) is 9.63. The maximum atomic E-state index is 12.1. The molecule has 0 aliphatic heterocycles. The highest BCUT2D eigenvalue weighted by Crippen LogP contribution is 2.14. The average Bonchev–Trinajstić information content (AvgIpc) is 2.67. The minimum atomic E-state index is -0.199. The summed E-state index contributed by atoms with van der Waals surface area (Å²) >= 11 is 6.02. The number of hydrogen-bond donors (Lipinski definition) is 3. The number of rotatable bonds is 8. The fourth-order valence-electron chi connectivity index (χ4n) is 2.52. The minimum absolute atomic E-state index is 0.0275. The zero-order valence-corrected chi connectivity index (χ0v) is 17.2. The predicted octanol–water partition coefficient (Wildman–Crippen LogP) is 3.01. The van der Waals surface area contributed by atoms with Crippen molar-refractivity contribution in [1.82, 2.24) is 16.0 Å². The molecule has 7 heteroatoms. The maximum Gasteiger partial charge on any atom is 0.252 e. The molecule has 28 heavy (non-hydrogen) atoms. The molecule has 1 atom stereocenters. The number of ether oxygens (including phenoxy) is 1. The third kappa shape index (κ3) is 7.12. The zero-order valence-electron chi connectivity index (χ0n) is 16.5. The lowest BCUT2D eigenvalue weighted by Crippen LogP contribution is -2.44. The van der Waals surface area contributed by atoms with Crippen molar-refractivity contribution in [2.75, 3.05) is 26.7 Å². The van der Waals surface area contributed by atoms with Gasteiger partial charge in [0.15, 0.2) is 5.96 Å². The van der Waals surface area contributed by atoms with Crippen molar-refractivity contribution in [3.05, 3.63) is 64.7 Å². The topological polar surface area (TPSA) is 74.8 Å². The van der Waals surface area contributed by atoms with E-state index in [-0.39, 0.29) is 12.0 Å². The number of hydrogen-bond acceptors (Lipinski definition) is 3. The van der Waals surface area contributed by atoms with Gasteiger partial charge in [0, 0.05) is 20.1 Å². The number of nitrogens with one attached hydrogen (secondary N) is 3. The summed E-state index contributed by atoms with van der Waals surface area (Å²) < 4.78 is 5.89. The number of aryl methyl sites for hydroxylation is 1. The van der Waals surface area contributed by atoms with Gasteiger partial charge in [0.05, 0.1) is 17.1 Å². The van der Waals surface area contributed by atoms with Gasteiger partial charge in [0.1, 0.15) is 11.9 Å². The van der Waals surface area contributed by atoms with Crippen molar-refractivity contribution in [2.45, 2.75) is 20.0 Å². The molecule has 2 aromatic carbocycles. The zero-order chi connectivity index (χ0) is 20.4. The van der Waals surface area contributed by atoms with E-state index < -0.39 is 0 Å². The van der Waals surface area contributed by atoms with Crippen LogP contribution >= 0.6 is 11.6 Å². The molecule has 2 aromatic rings. The molecule has 0 aromatic heterocycles. The Hall–Kier alpha value is -2.73. The Bertz CT molecular complexity index is 810. The Morgan fingerprint density at radius 2 is 1.86 bits per heavy atom. The molecule has 150 valence electrons. The molecule has 0 fully saturated rings. The van der Waals surface area contributed by atoms with Crippen LogP contribution in [-0.2, 0) is 0 Å². The lowest BCUT2D eigenvalue weighted by Gasteiger charge is -2.18. The molecule has 0 aliphatic carbocycles. The molecule has 2 rings (SSSR count). The highest BCUT2D eigenvalue weighted by molar-refractivity contribution is 6.33. The molecular formula is C21H27ClN4O2. The number of nitrogens with zero attached hydrogens (tertiary/aromatic N) is 1. The van der Waals surface area contributed by atoms with Gasteiger partial charge < -0.3 is 20.7 Å². The number of benzene rings is 2. The van der Waals surface area contributed by atoms with E-state index in [9.17, 15) is 4.79 Å². The average molecular weight is 403 g/mol. The summed E-state index contributed by atoms with van der Waals surface area (Å²) in [6.07, 6.45) is -0.0275. The van der Waals surface area contributed by atoms with E-state index in [0.717, 1.165) is 11.3 Å². The van der Waals surface area contributed by atoms with E-state index >= 15 is 0 Å². The van der Waals surface area contributed by atoms with Crippen LogP contribution in [0.2, 0.25) is 5.02 Å². The van der Waals surface area contributed by atoms with E-state index in [1.807, 2.05) is 38.1 Å². The van der Waals surface area contributed by atoms with E-state index in [4.69, 9.17) is 16.3 Å². The van der Waals surface area contributed by atoms with Gasteiger partial charge in [-0.25, -0.2) is 0 Å². The number of halogens is 1. The molecule has 6 nitrogen and oxygen atoms in total. The van der Waals surface area contributed by atoms with Gasteiger partial charge >= 0.3 is 0 Å². The second-order valence-electron chi connectivity index (χ2n) is 6.36. The number of carbonyl (C=O) groups is 1. The van der Waals surface area contributed by atoms with Crippen molar-refractivity contribution in [3.63, 3.8) is 0 Å². The molecule has 0 radical (unpaired) electrons. The molecule has 1 amide bonds. The summed E-state index contributed by atoms with van der Waals surface area (Å²) in [5.41, 5.74) is 1.63. The van der Waals surface area contributed by atoms with Crippen molar-refractivity contribution >= 4 is 23.5 Å². The maximum absolute atomic E-state index is 12.1. The van der Waals surface area contributed by atoms with E-state index in [1.54, 1.807) is 31.3 Å². The standard InChI is InChI=1S/C21H27ClN4O2/c1-15-7-6-8-17(13-15)28-16(2)14-26-21(23-3)25-12-11-24-20(27)18-9-4-5-10-19(18)22/h4-10,13,16H,11-12,14H2,1-3H3,(H,24,27)(H2,23,25,26). The first-order valence-corrected chi connectivity index (χ1v) is 9.58. The van der Waals surface area contributed by atoms with Crippen LogP contribution < -0.4 is 20.7 Å². The third-order valence-electron chi connectivity index (χ3n) is 3.93. The summed E-state index contributed by atoms with van der Waals surface area (Å²) in [4.78, 5) is 16.3. The fourth-order valence-corrected chi connectivity index (χ4v) is 2.74. The van der Waals surface area contributed by atoms with Crippen LogP contribution in [0.15, 0.2) is 53.5 Å². The smallest absolute Gasteiger partial charge is 0.252 e. The van der Waals surface area contributed by atoms with Gasteiger partial charge in [0.25, 0.3) is 5.91 Å². The summed E-state index contributed by atoms with van der Waals surface area (Å²) in [7, 11) is 1.70. The predicted molar refractivity (Wildman–Crippen MR) is 114 cm³/mol. The van der Waals surface area contributed by atoms with Crippen LogP contribution in [0, 0.1) is 6.92 Å². The Balaban J connectivity index is 1.68. The molecule has 0 saturated heterocycles. The summed E-state index contributed by atoms with van der Waals surface area (Å²) in [6.45, 7) is 5.60. The number of guanidine groups is 1. The largest absolute Gasteiger partial charge is 0.489 e. The summed E-state index contributed by atoms with van der Waals surface area (Å²) in [5.74, 6) is 1.29. The van der Waals surface area contributed by atoms with E-state index in [1.165, 1.54) is 0 Å². The molecule has 3 N–H and O–H groups in total. The Kier molecular flexibility index (Phi) is 8.62. The van der Waals surface area contributed by atoms with Gasteiger partial charge in [-0.05, 0) is 43.7 Å². The minimum Gasteiger partial charge on any atom is -0.489 e. The second-order valence-corrected chi connectivity index (χ2v) is 6.77. The normalized spacial score (nSPS) is 12.2. The van der Waals surface area contributed by atoms with E-state index in [0.29, 0.717) is 36.2 Å². The van der Waals surface area contributed by atoms with Crippen LogP contribution in [0.5, 0.6) is 5.75 Å². The van der Waals surface area contributed by atoms with E-state index in [2.05, 4.69) is 20.9 Å². The highest BCUT2D eigenvalue weighted by Gasteiger charge is 2.09. The van der Waals surface area contributed by atoms with Gasteiger partial charge in [-0.2, -0.15) is 0 Å². The number of aliphatic imine (C=N–C) groups is 1. The first kappa shape index (κ1) is 21.6. The SMILES string of the molecule is CN=C(NCCNC(=O)c1ccccc1Cl)NCC(C)Oc1cccc(C)c1. The van der Waals surface area contributed by atoms with Crippen molar-refractivity contribution in [1.29, 1.82) is 0 Å². The van der Waals surface area contributed by atoms with Crippen LogP contribution in [0.4, 0.5) is 0 Å². The summed E-state index contributed by atoms with van der Waals surface area (Å²) in [6, 6.07) is 14.9. The van der Waals surface area contributed by atoms with Crippen LogP contribution in [0.25, 0.3) is 0 Å². The lowest BCUT2D eigenvalue weighted by molar-refractivity contribution is 0.0954.